The highest BCUT2D eigenvalue weighted by atomic mass is 32.2. The lowest BCUT2D eigenvalue weighted by molar-refractivity contribution is 0.0698. The van der Waals surface area contributed by atoms with Crippen molar-refractivity contribution in [2.24, 2.45) is 0 Å². The third kappa shape index (κ3) is 3.80. The predicted molar refractivity (Wildman–Crippen MR) is 85.9 cm³/mol. The minimum Gasteiger partial charge on any atom is -0.477 e. The Balaban J connectivity index is 2.23. The zero-order chi connectivity index (χ0) is 15.6. The summed E-state index contributed by atoms with van der Waals surface area (Å²) in [5.74, 6) is -1.20. The maximum atomic E-state index is 12.5. The minimum absolute atomic E-state index is 0.0775. The average Bonchev–Trinajstić information content (AvgIpc) is 2.81. The molecule has 1 aromatic rings. The molecule has 1 aliphatic carbocycles. The van der Waals surface area contributed by atoms with Crippen LogP contribution in [-0.4, -0.2) is 37.0 Å². The van der Waals surface area contributed by atoms with Gasteiger partial charge in [0.25, 0.3) is 0 Å². The van der Waals surface area contributed by atoms with E-state index in [0.717, 1.165) is 37.0 Å². The van der Waals surface area contributed by atoms with E-state index in [1.54, 1.807) is 24.1 Å². The normalized spacial score (nSPS) is 23.1. The number of thiophene rings is 1. The van der Waals surface area contributed by atoms with Crippen LogP contribution < -0.4 is 4.72 Å². The van der Waals surface area contributed by atoms with E-state index in [4.69, 9.17) is 5.11 Å². The van der Waals surface area contributed by atoms with Gasteiger partial charge in [-0.3, -0.25) is 0 Å². The number of thioether (sulfide) groups is 1. The molecule has 1 saturated carbocycles. The van der Waals surface area contributed by atoms with Crippen molar-refractivity contribution in [3.8, 4) is 0 Å². The quantitative estimate of drug-likeness (QED) is 0.854. The van der Waals surface area contributed by atoms with Crippen molar-refractivity contribution in [2.75, 3.05) is 6.26 Å². The molecule has 0 saturated heterocycles. The molecule has 118 valence electrons. The summed E-state index contributed by atoms with van der Waals surface area (Å²) in [7, 11) is -3.78. The van der Waals surface area contributed by atoms with E-state index >= 15 is 0 Å². The Morgan fingerprint density at radius 2 is 2.19 bits per heavy atom. The fourth-order valence-electron chi connectivity index (χ4n) is 2.66. The molecule has 2 rings (SSSR count). The Kier molecular flexibility index (Phi) is 5.34. The van der Waals surface area contributed by atoms with Gasteiger partial charge in [0.2, 0.25) is 10.0 Å². The molecule has 0 bridgehead atoms. The molecule has 0 amide bonds. The number of aromatic carboxylic acids is 1. The second-order valence-corrected chi connectivity index (χ2v) is 8.89. The number of hydrogen-bond acceptors (Lipinski definition) is 5. The van der Waals surface area contributed by atoms with E-state index in [9.17, 15) is 13.2 Å². The summed E-state index contributed by atoms with van der Waals surface area (Å²) in [5, 5.41) is 11.2. The maximum Gasteiger partial charge on any atom is 0.347 e. The Labute approximate surface area is 133 Å². The molecular formula is C13H19NO4S3. The lowest BCUT2D eigenvalue weighted by Gasteiger charge is -2.28. The van der Waals surface area contributed by atoms with Gasteiger partial charge in [-0.05, 0) is 43.4 Å². The molecular weight excluding hydrogens is 330 g/mol. The molecule has 8 heteroatoms. The summed E-state index contributed by atoms with van der Waals surface area (Å²) >= 11 is 2.71. The van der Waals surface area contributed by atoms with Crippen LogP contribution in [0, 0.1) is 6.92 Å². The number of sulfonamides is 1. The van der Waals surface area contributed by atoms with Crippen molar-refractivity contribution in [2.45, 2.75) is 48.8 Å². The highest BCUT2D eigenvalue weighted by molar-refractivity contribution is 7.99. The van der Waals surface area contributed by atoms with Gasteiger partial charge < -0.3 is 5.11 Å². The third-order valence-corrected chi connectivity index (χ3v) is 7.68. The first-order valence-corrected chi connectivity index (χ1v) is 10.4. The monoisotopic (exact) mass is 349 g/mol. The fourth-order valence-corrected chi connectivity index (χ4v) is 6.40. The number of carboxylic acids is 1. The molecule has 1 fully saturated rings. The van der Waals surface area contributed by atoms with Crippen LogP contribution in [0.3, 0.4) is 0 Å². The molecule has 0 aromatic carbocycles. The first-order chi connectivity index (χ1) is 9.85. The van der Waals surface area contributed by atoms with Crippen molar-refractivity contribution in [3.05, 3.63) is 15.8 Å². The molecule has 2 N–H and O–H groups in total. The van der Waals surface area contributed by atoms with Crippen LogP contribution in [0.2, 0.25) is 0 Å². The molecule has 5 nitrogen and oxygen atoms in total. The zero-order valence-corrected chi connectivity index (χ0v) is 14.4. The lowest BCUT2D eigenvalue weighted by atomic mass is 9.96. The first kappa shape index (κ1) is 16.8. The topological polar surface area (TPSA) is 83.5 Å². The van der Waals surface area contributed by atoms with Crippen LogP contribution in [0.15, 0.2) is 10.3 Å². The van der Waals surface area contributed by atoms with Gasteiger partial charge >= 0.3 is 5.97 Å². The summed E-state index contributed by atoms with van der Waals surface area (Å²) in [6.45, 7) is 1.63. The van der Waals surface area contributed by atoms with Crippen molar-refractivity contribution < 1.29 is 18.3 Å². The number of nitrogens with one attached hydrogen (secondary N) is 1. The van der Waals surface area contributed by atoms with E-state index < -0.39 is 16.0 Å². The standard InChI is InChI=1S/C13H19NO4S3/c1-8-7-20-11(13(15)16)12(8)21(17,18)14-9-4-3-5-10(6-9)19-2/h7,9-10,14H,3-6H2,1-2H3,(H,15,16). The number of hydrogen-bond donors (Lipinski definition) is 2. The van der Waals surface area contributed by atoms with Gasteiger partial charge in [0, 0.05) is 11.3 Å². The summed E-state index contributed by atoms with van der Waals surface area (Å²) in [6.07, 6.45) is 5.74. The second kappa shape index (κ2) is 6.68. The van der Waals surface area contributed by atoms with Gasteiger partial charge in [-0.15, -0.1) is 11.3 Å². The molecule has 0 spiro atoms. The lowest BCUT2D eigenvalue weighted by Crippen LogP contribution is -2.39. The number of carboxylic acid groups (broad SMARTS) is 1. The van der Waals surface area contributed by atoms with Crippen molar-refractivity contribution in [1.82, 2.24) is 4.72 Å². The van der Waals surface area contributed by atoms with Gasteiger partial charge in [-0.1, -0.05) is 6.42 Å². The highest BCUT2D eigenvalue weighted by Gasteiger charge is 2.31. The van der Waals surface area contributed by atoms with E-state index in [0.29, 0.717) is 10.8 Å². The van der Waals surface area contributed by atoms with Gasteiger partial charge in [0.1, 0.15) is 9.77 Å². The molecule has 0 radical (unpaired) electrons. The van der Waals surface area contributed by atoms with Crippen LogP contribution in [0.25, 0.3) is 0 Å². The van der Waals surface area contributed by atoms with Crippen molar-refractivity contribution >= 4 is 39.1 Å². The summed E-state index contributed by atoms with van der Waals surface area (Å²) in [6, 6.07) is -0.109. The van der Waals surface area contributed by atoms with Crippen LogP contribution in [-0.2, 0) is 10.0 Å². The van der Waals surface area contributed by atoms with Crippen molar-refractivity contribution in [1.29, 1.82) is 0 Å². The highest BCUT2D eigenvalue weighted by Crippen LogP contribution is 2.30. The molecule has 1 aliphatic rings. The summed E-state index contributed by atoms with van der Waals surface area (Å²) < 4.78 is 27.8. The Hall–Kier alpha value is -0.570. The smallest absolute Gasteiger partial charge is 0.347 e. The Morgan fingerprint density at radius 3 is 2.81 bits per heavy atom. The number of aryl methyl sites for hydroxylation is 1. The molecule has 2 atom stereocenters. The molecule has 0 aliphatic heterocycles. The predicted octanol–water partition coefficient (Wildman–Crippen LogP) is 2.71. The maximum absolute atomic E-state index is 12.5. The van der Waals surface area contributed by atoms with E-state index in [2.05, 4.69) is 4.72 Å². The Bertz CT molecular complexity index is 623. The van der Waals surface area contributed by atoms with Crippen LogP contribution in [0.4, 0.5) is 0 Å². The van der Waals surface area contributed by atoms with Crippen LogP contribution >= 0.6 is 23.1 Å². The van der Waals surface area contributed by atoms with Gasteiger partial charge in [0.05, 0.1) is 0 Å². The van der Waals surface area contributed by atoms with Crippen molar-refractivity contribution in [3.63, 3.8) is 0 Å². The zero-order valence-electron chi connectivity index (χ0n) is 12.0. The van der Waals surface area contributed by atoms with Gasteiger partial charge in [0.15, 0.2) is 0 Å². The molecule has 21 heavy (non-hydrogen) atoms. The largest absolute Gasteiger partial charge is 0.477 e. The van der Waals surface area contributed by atoms with E-state index in [1.165, 1.54) is 0 Å². The SMILES string of the molecule is CSC1CCCC(NS(=O)(=O)c2c(C)csc2C(=O)O)C1. The molecule has 1 heterocycles. The van der Waals surface area contributed by atoms with Crippen LogP contribution in [0.1, 0.15) is 40.9 Å². The third-order valence-electron chi connectivity index (χ3n) is 3.66. The van der Waals surface area contributed by atoms with Gasteiger partial charge in [-0.25, -0.2) is 17.9 Å². The first-order valence-electron chi connectivity index (χ1n) is 6.71. The number of carbonyl (C=O) groups is 1. The van der Waals surface area contributed by atoms with E-state index in [-0.39, 0.29) is 15.8 Å². The molecule has 2 unspecified atom stereocenters. The average molecular weight is 349 g/mol. The summed E-state index contributed by atoms with van der Waals surface area (Å²) in [4.78, 5) is 11.0. The fraction of sp³-hybridized carbons (Fsp3) is 0.615. The van der Waals surface area contributed by atoms with Gasteiger partial charge in [-0.2, -0.15) is 11.8 Å². The Morgan fingerprint density at radius 1 is 1.48 bits per heavy atom. The summed E-state index contributed by atoms with van der Waals surface area (Å²) in [5.41, 5.74) is 0.488. The number of rotatable bonds is 5. The minimum atomic E-state index is -3.78. The molecule has 1 aromatic heterocycles. The van der Waals surface area contributed by atoms with Crippen LogP contribution in [0.5, 0.6) is 0 Å². The second-order valence-electron chi connectivity index (χ2n) is 5.22. The van der Waals surface area contributed by atoms with E-state index in [1.807, 2.05) is 6.26 Å².